The number of rotatable bonds is 4. The van der Waals surface area contributed by atoms with Gasteiger partial charge in [0.15, 0.2) is 11.5 Å². The first kappa shape index (κ1) is 16.7. The van der Waals surface area contributed by atoms with Crippen molar-refractivity contribution in [1.29, 1.82) is 0 Å². The summed E-state index contributed by atoms with van der Waals surface area (Å²) in [5.41, 5.74) is 4.30. The Bertz CT molecular complexity index is 1290. The van der Waals surface area contributed by atoms with Gasteiger partial charge in [-0.15, -0.1) is 10.2 Å². The first-order valence-electron chi connectivity index (χ1n) is 8.68. The number of hydrogen-bond acceptors (Lipinski definition) is 7. The number of carbonyl (C=O) groups is 1. The maximum atomic E-state index is 12.7. The Morgan fingerprint density at radius 2 is 1.79 bits per heavy atom. The number of anilines is 1. The van der Waals surface area contributed by atoms with Crippen LogP contribution in [0.15, 0.2) is 61.2 Å². The van der Waals surface area contributed by atoms with E-state index in [2.05, 4.69) is 45.9 Å². The summed E-state index contributed by atoms with van der Waals surface area (Å²) in [7, 11) is 0. The first-order chi connectivity index (χ1) is 14.3. The lowest BCUT2D eigenvalue weighted by molar-refractivity contribution is 0.102. The van der Waals surface area contributed by atoms with Crippen molar-refractivity contribution in [2.24, 2.45) is 0 Å². The summed E-state index contributed by atoms with van der Waals surface area (Å²) in [6.07, 6.45) is 2.87. The lowest BCUT2D eigenvalue weighted by Gasteiger charge is -2.07. The third-order valence-electron chi connectivity index (χ3n) is 4.40. The SMILES string of the molecule is O=C(Nc1ncnc2nc[nH]c12)c1cccc(-c2ccc(-c3nn[nH]n3)cc2)c1. The van der Waals surface area contributed by atoms with Crippen LogP contribution in [0.2, 0.25) is 0 Å². The van der Waals surface area contributed by atoms with E-state index in [1.807, 2.05) is 42.5 Å². The minimum absolute atomic E-state index is 0.273. The van der Waals surface area contributed by atoms with Crippen molar-refractivity contribution >= 4 is 22.9 Å². The van der Waals surface area contributed by atoms with E-state index in [1.54, 1.807) is 6.07 Å². The monoisotopic (exact) mass is 383 g/mol. The van der Waals surface area contributed by atoms with Gasteiger partial charge < -0.3 is 10.3 Å². The van der Waals surface area contributed by atoms with Gasteiger partial charge in [-0.2, -0.15) is 5.21 Å². The fraction of sp³-hybridized carbons (Fsp3) is 0. The molecule has 0 bridgehead atoms. The number of H-pyrrole nitrogens is 2. The second kappa shape index (κ2) is 6.93. The highest BCUT2D eigenvalue weighted by molar-refractivity contribution is 6.07. The molecule has 3 N–H and O–H groups in total. The van der Waals surface area contributed by atoms with Crippen LogP contribution < -0.4 is 5.32 Å². The van der Waals surface area contributed by atoms with Crippen LogP contribution in [0.5, 0.6) is 0 Å². The number of tetrazole rings is 1. The van der Waals surface area contributed by atoms with E-state index in [4.69, 9.17) is 0 Å². The molecule has 0 radical (unpaired) electrons. The third-order valence-corrected chi connectivity index (χ3v) is 4.40. The molecule has 0 saturated heterocycles. The summed E-state index contributed by atoms with van der Waals surface area (Å²) in [6, 6.07) is 15.1. The van der Waals surface area contributed by atoms with Crippen molar-refractivity contribution in [3.63, 3.8) is 0 Å². The summed E-state index contributed by atoms with van der Waals surface area (Å²) in [5.74, 6) is 0.636. The van der Waals surface area contributed by atoms with Gasteiger partial charge in [0.1, 0.15) is 11.8 Å². The molecule has 140 valence electrons. The Kier molecular flexibility index (Phi) is 3.98. The number of amides is 1. The van der Waals surface area contributed by atoms with Gasteiger partial charge in [0.2, 0.25) is 5.82 Å². The smallest absolute Gasteiger partial charge is 0.256 e. The molecule has 0 fully saturated rings. The highest BCUT2D eigenvalue weighted by Crippen LogP contribution is 2.24. The summed E-state index contributed by atoms with van der Waals surface area (Å²) >= 11 is 0. The first-order valence-corrected chi connectivity index (χ1v) is 8.68. The quantitative estimate of drug-likeness (QED) is 0.433. The van der Waals surface area contributed by atoms with Gasteiger partial charge in [-0.3, -0.25) is 4.79 Å². The number of aromatic amines is 2. The van der Waals surface area contributed by atoms with Crippen LogP contribution in [0, 0.1) is 0 Å². The molecular formula is C19H13N9O. The van der Waals surface area contributed by atoms with Crippen LogP contribution in [-0.4, -0.2) is 46.5 Å². The molecule has 1 amide bonds. The maximum Gasteiger partial charge on any atom is 0.256 e. The van der Waals surface area contributed by atoms with E-state index in [0.717, 1.165) is 16.7 Å². The molecule has 3 heterocycles. The molecular weight excluding hydrogens is 370 g/mol. The summed E-state index contributed by atoms with van der Waals surface area (Å²) in [6.45, 7) is 0. The number of aromatic nitrogens is 8. The maximum absolute atomic E-state index is 12.7. The molecule has 5 aromatic rings. The molecule has 10 heteroatoms. The lowest BCUT2D eigenvalue weighted by atomic mass is 10.0. The molecule has 5 rings (SSSR count). The van der Waals surface area contributed by atoms with E-state index in [9.17, 15) is 4.79 Å². The van der Waals surface area contributed by atoms with E-state index < -0.39 is 0 Å². The van der Waals surface area contributed by atoms with Crippen molar-refractivity contribution in [3.05, 3.63) is 66.7 Å². The Labute approximate surface area is 163 Å². The molecule has 0 unspecified atom stereocenters. The van der Waals surface area contributed by atoms with Crippen molar-refractivity contribution in [2.75, 3.05) is 5.32 Å². The van der Waals surface area contributed by atoms with Gasteiger partial charge in [0.25, 0.3) is 5.91 Å². The second-order valence-electron chi connectivity index (χ2n) is 6.17. The number of imidazole rings is 1. The van der Waals surface area contributed by atoms with E-state index in [0.29, 0.717) is 28.4 Å². The Morgan fingerprint density at radius 1 is 0.931 bits per heavy atom. The van der Waals surface area contributed by atoms with Gasteiger partial charge in [0.05, 0.1) is 6.33 Å². The molecule has 0 atom stereocenters. The summed E-state index contributed by atoms with van der Waals surface area (Å²) in [4.78, 5) is 27.9. The summed E-state index contributed by atoms with van der Waals surface area (Å²) in [5, 5.41) is 16.7. The highest BCUT2D eigenvalue weighted by Gasteiger charge is 2.12. The number of carbonyl (C=O) groups excluding carboxylic acids is 1. The zero-order chi connectivity index (χ0) is 19.6. The molecule has 0 aliphatic rings. The van der Waals surface area contributed by atoms with Crippen LogP contribution >= 0.6 is 0 Å². The van der Waals surface area contributed by atoms with Crippen molar-refractivity contribution in [1.82, 2.24) is 40.6 Å². The molecule has 10 nitrogen and oxygen atoms in total. The molecule has 3 aromatic heterocycles. The molecule has 0 aliphatic carbocycles. The average Bonchev–Trinajstić information content (AvgIpc) is 3.47. The number of nitrogens with zero attached hydrogens (tertiary/aromatic N) is 6. The standard InChI is InChI=1S/C19H13N9O/c29-19(24-18-15-17(21-9-20-15)22-10-23-18)14-3-1-2-13(8-14)11-4-6-12(7-5-11)16-25-27-28-26-16/h1-10H,(H,25,26,27,28)(H2,20,21,22,23,24,29). The van der Waals surface area contributed by atoms with E-state index >= 15 is 0 Å². The summed E-state index contributed by atoms with van der Waals surface area (Å²) < 4.78 is 0. The zero-order valence-electron chi connectivity index (χ0n) is 14.9. The Balaban J connectivity index is 1.40. The predicted molar refractivity (Wildman–Crippen MR) is 105 cm³/mol. The predicted octanol–water partition coefficient (Wildman–Crippen LogP) is 2.45. The van der Waals surface area contributed by atoms with E-state index in [1.165, 1.54) is 12.7 Å². The minimum Gasteiger partial charge on any atom is -0.340 e. The lowest BCUT2D eigenvalue weighted by Crippen LogP contribution is -2.13. The Hall–Kier alpha value is -4.47. The normalized spacial score (nSPS) is 10.9. The van der Waals surface area contributed by atoms with Gasteiger partial charge in [-0.05, 0) is 28.5 Å². The van der Waals surface area contributed by atoms with Crippen LogP contribution in [0.25, 0.3) is 33.7 Å². The number of benzene rings is 2. The van der Waals surface area contributed by atoms with Crippen LogP contribution in [-0.2, 0) is 0 Å². The number of hydrogen-bond donors (Lipinski definition) is 3. The van der Waals surface area contributed by atoms with Gasteiger partial charge in [-0.1, -0.05) is 36.4 Å². The zero-order valence-corrected chi connectivity index (χ0v) is 14.9. The third kappa shape index (κ3) is 3.18. The van der Waals surface area contributed by atoms with Crippen LogP contribution in [0.1, 0.15) is 10.4 Å². The van der Waals surface area contributed by atoms with Gasteiger partial charge in [0, 0.05) is 11.1 Å². The fourth-order valence-electron chi connectivity index (χ4n) is 2.98. The van der Waals surface area contributed by atoms with Crippen molar-refractivity contribution in [2.45, 2.75) is 0 Å². The average molecular weight is 383 g/mol. The van der Waals surface area contributed by atoms with E-state index in [-0.39, 0.29) is 5.91 Å². The Morgan fingerprint density at radius 3 is 2.62 bits per heavy atom. The van der Waals surface area contributed by atoms with Crippen LogP contribution in [0.3, 0.4) is 0 Å². The molecule has 0 spiro atoms. The van der Waals surface area contributed by atoms with Gasteiger partial charge >= 0.3 is 0 Å². The second-order valence-corrected chi connectivity index (χ2v) is 6.17. The minimum atomic E-state index is -0.273. The van der Waals surface area contributed by atoms with Gasteiger partial charge in [-0.25, -0.2) is 15.0 Å². The largest absolute Gasteiger partial charge is 0.340 e. The number of fused-ring (bicyclic) bond motifs is 1. The molecule has 0 aliphatic heterocycles. The molecule has 2 aromatic carbocycles. The van der Waals surface area contributed by atoms with Crippen LogP contribution in [0.4, 0.5) is 5.82 Å². The fourth-order valence-corrected chi connectivity index (χ4v) is 2.98. The van der Waals surface area contributed by atoms with Crippen molar-refractivity contribution < 1.29 is 4.79 Å². The number of nitrogens with one attached hydrogen (secondary N) is 3. The molecule has 29 heavy (non-hydrogen) atoms. The topological polar surface area (TPSA) is 138 Å². The molecule has 0 saturated carbocycles. The highest BCUT2D eigenvalue weighted by atomic mass is 16.1. The van der Waals surface area contributed by atoms with Crippen molar-refractivity contribution in [3.8, 4) is 22.5 Å².